The molecular formula is C10H20Si. The molecular weight excluding hydrogens is 148 g/mol. The molecule has 0 aliphatic heterocycles. The van der Waals surface area contributed by atoms with Crippen LogP contribution in [0.15, 0.2) is 11.6 Å². The van der Waals surface area contributed by atoms with E-state index in [1.54, 1.807) is 12.8 Å². The first-order chi connectivity index (χ1) is 5.29. The van der Waals surface area contributed by atoms with Crippen molar-refractivity contribution < 1.29 is 0 Å². The zero-order valence-corrected chi connectivity index (χ0v) is 9.31. The second kappa shape index (κ2) is 4.76. The molecule has 1 fully saturated rings. The quantitative estimate of drug-likeness (QED) is 0.449. The van der Waals surface area contributed by atoms with E-state index < -0.39 is 0 Å². The van der Waals surface area contributed by atoms with Crippen LogP contribution in [0.3, 0.4) is 0 Å². The second-order valence-corrected chi connectivity index (χ2v) is 6.32. The fraction of sp³-hybridized carbons (Fsp3) is 0.800. The van der Waals surface area contributed by atoms with Crippen molar-refractivity contribution in [1.29, 1.82) is 0 Å². The van der Waals surface area contributed by atoms with Gasteiger partial charge in [-0.25, -0.2) is 0 Å². The van der Waals surface area contributed by atoms with Crippen LogP contribution in [0.25, 0.3) is 0 Å². The van der Waals surface area contributed by atoms with Crippen LogP contribution in [0.1, 0.15) is 39.5 Å². The molecule has 0 heterocycles. The standard InChI is InChI=1S/C10H20Si/c1-9(2)7-8-11-10-5-3-4-6-10/h7,10H,3-6,8,11H2,1-2H3. The van der Waals surface area contributed by atoms with E-state index in [1.165, 1.54) is 30.0 Å². The first kappa shape index (κ1) is 9.05. The molecule has 0 radical (unpaired) electrons. The zero-order chi connectivity index (χ0) is 8.10. The van der Waals surface area contributed by atoms with Gasteiger partial charge in [0.2, 0.25) is 0 Å². The van der Waals surface area contributed by atoms with E-state index in [4.69, 9.17) is 0 Å². The van der Waals surface area contributed by atoms with Crippen LogP contribution in [0, 0.1) is 0 Å². The molecule has 0 bridgehead atoms. The summed E-state index contributed by atoms with van der Waals surface area (Å²) in [4.78, 5) is 0. The van der Waals surface area contributed by atoms with Crippen LogP contribution in [0.4, 0.5) is 0 Å². The van der Waals surface area contributed by atoms with Crippen LogP contribution in [-0.4, -0.2) is 9.52 Å². The lowest BCUT2D eigenvalue weighted by molar-refractivity contribution is 0.866. The Labute approximate surface area is 72.9 Å². The van der Waals surface area contributed by atoms with Crippen LogP contribution in [-0.2, 0) is 0 Å². The minimum atomic E-state index is 0.269. The van der Waals surface area contributed by atoms with E-state index in [9.17, 15) is 0 Å². The van der Waals surface area contributed by atoms with Gasteiger partial charge in [-0.3, -0.25) is 0 Å². The molecule has 11 heavy (non-hydrogen) atoms. The van der Waals surface area contributed by atoms with Crippen LogP contribution in [0.2, 0.25) is 11.6 Å². The maximum absolute atomic E-state index is 2.44. The molecule has 1 saturated carbocycles. The molecule has 0 atom stereocenters. The van der Waals surface area contributed by atoms with Gasteiger partial charge in [0.1, 0.15) is 0 Å². The lowest BCUT2D eigenvalue weighted by Crippen LogP contribution is -1.96. The predicted octanol–water partition coefficient (Wildman–Crippen LogP) is 2.90. The predicted molar refractivity (Wildman–Crippen MR) is 55.0 cm³/mol. The van der Waals surface area contributed by atoms with Crippen molar-refractivity contribution in [3.63, 3.8) is 0 Å². The molecule has 0 aromatic carbocycles. The third kappa shape index (κ3) is 3.75. The fourth-order valence-electron chi connectivity index (χ4n) is 1.91. The van der Waals surface area contributed by atoms with Crippen LogP contribution >= 0.6 is 0 Å². The maximum atomic E-state index is 2.44. The molecule has 0 nitrogen and oxygen atoms in total. The Bertz CT molecular complexity index is 128. The van der Waals surface area contributed by atoms with Gasteiger partial charge in [0.25, 0.3) is 0 Å². The smallest absolute Gasteiger partial charge is 0.0272 e. The van der Waals surface area contributed by atoms with E-state index in [-0.39, 0.29) is 9.52 Å². The summed E-state index contributed by atoms with van der Waals surface area (Å²) in [7, 11) is 0.269. The minimum absolute atomic E-state index is 0.269. The van der Waals surface area contributed by atoms with E-state index in [0.717, 1.165) is 0 Å². The molecule has 1 aliphatic rings. The summed E-state index contributed by atoms with van der Waals surface area (Å²) in [6, 6.07) is 1.45. The molecule has 1 heteroatoms. The third-order valence-corrected chi connectivity index (χ3v) is 4.86. The monoisotopic (exact) mass is 168 g/mol. The average molecular weight is 168 g/mol. The summed E-state index contributed by atoms with van der Waals surface area (Å²) in [5.74, 6) is 0. The highest BCUT2D eigenvalue weighted by Crippen LogP contribution is 2.29. The lowest BCUT2D eigenvalue weighted by Gasteiger charge is -2.04. The Kier molecular flexibility index (Phi) is 3.91. The van der Waals surface area contributed by atoms with Crippen LogP contribution in [0.5, 0.6) is 0 Å². The first-order valence-corrected chi connectivity index (χ1v) is 6.74. The molecule has 0 aromatic rings. The highest BCUT2D eigenvalue weighted by atomic mass is 28.2. The Morgan fingerprint density at radius 3 is 2.55 bits per heavy atom. The lowest BCUT2D eigenvalue weighted by atomic mass is 10.3. The average Bonchev–Trinajstić information content (AvgIpc) is 2.39. The van der Waals surface area contributed by atoms with Gasteiger partial charge < -0.3 is 0 Å². The van der Waals surface area contributed by atoms with Gasteiger partial charge >= 0.3 is 0 Å². The first-order valence-electron chi connectivity index (χ1n) is 4.92. The molecule has 0 saturated heterocycles. The largest absolute Gasteiger partial charge is 0.0891 e. The van der Waals surface area contributed by atoms with Crippen molar-refractivity contribution in [2.24, 2.45) is 0 Å². The summed E-state index contributed by atoms with van der Waals surface area (Å²) < 4.78 is 0. The van der Waals surface area contributed by atoms with Crippen molar-refractivity contribution in [1.82, 2.24) is 0 Å². The summed E-state index contributed by atoms with van der Waals surface area (Å²) in [6.07, 6.45) is 8.59. The Morgan fingerprint density at radius 1 is 1.36 bits per heavy atom. The fourth-order valence-corrected chi connectivity index (χ4v) is 4.28. The Morgan fingerprint density at radius 2 is 2.00 bits per heavy atom. The van der Waals surface area contributed by atoms with Gasteiger partial charge in [-0.05, 0) is 19.9 Å². The topological polar surface area (TPSA) is 0 Å². The van der Waals surface area contributed by atoms with Gasteiger partial charge in [0.15, 0.2) is 0 Å². The zero-order valence-electron chi connectivity index (χ0n) is 7.90. The van der Waals surface area contributed by atoms with Gasteiger partial charge in [-0.15, -0.1) is 0 Å². The molecule has 1 aliphatic carbocycles. The van der Waals surface area contributed by atoms with Gasteiger partial charge in [-0.1, -0.05) is 42.9 Å². The molecule has 1 rings (SSSR count). The highest BCUT2D eigenvalue weighted by Gasteiger charge is 2.13. The summed E-state index contributed by atoms with van der Waals surface area (Å²) >= 11 is 0. The Balaban J connectivity index is 2.07. The van der Waals surface area contributed by atoms with Crippen molar-refractivity contribution >= 4 is 9.52 Å². The molecule has 64 valence electrons. The van der Waals surface area contributed by atoms with Crippen LogP contribution < -0.4 is 0 Å². The summed E-state index contributed by atoms with van der Waals surface area (Å²) in [6.45, 7) is 4.42. The number of allylic oxidation sites excluding steroid dienone is 2. The van der Waals surface area contributed by atoms with Crippen molar-refractivity contribution in [3.05, 3.63) is 11.6 Å². The SMILES string of the molecule is CC(C)=CC[SiH2]C1CCCC1. The van der Waals surface area contributed by atoms with Gasteiger partial charge in [0.05, 0.1) is 0 Å². The second-order valence-electron chi connectivity index (χ2n) is 4.01. The molecule has 0 N–H and O–H groups in total. The normalized spacial score (nSPS) is 19.8. The summed E-state index contributed by atoms with van der Waals surface area (Å²) in [5, 5.41) is 0. The highest BCUT2D eigenvalue weighted by molar-refractivity contribution is 6.38. The van der Waals surface area contributed by atoms with Gasteiger partial charge in [0, 0.05) is 9.52 Å². The van der Waals surface area contributed by atoms with E-state index >= 15 is 0 Å². The van der Waals surface area contributed by atoms with Crippen molar-refractivity contribution in [2.45, 2.75) is 51.1 Å². The number of rotatable bonds is 3. The third-order valence-electron chi connectivity index (χ3n) is 2.60. The molecule has 0 aromatic heterocycles. The molecule has 0 amide bonds. The Hall–Kier alpha value is -0.0431. The number of hydrogen-bond donors (Lipinski definition) is 0. The molecule has 0 spiro atoms. The summed E-state index contributed by atoms with van der Waals surface area (Å²) in [5.41, 5.74) is 2.71. The van der Waals surface area contributed by atoms with E-state index in [1.807, 2.05) is 0 Å². The van der Waals surface area contributed by atoms with Gasteiger partial charge in [-0.2, -0.15) is 0 Å². The minimum Gasteiger partial charge on any atom is -0.0891 e. The molecule has 0 unspecified atom stereocenters. The maximum Gasteiger partial charge on any atom is 0.0272 e. The van der Waals surface area contributed by atoms with E-state index in [2.05, 4.69) is 19.9 Å². The van der Waals surface area contributed by atoms with Crippen molar-refractivity contribution in [2.75, 3.05) is 0 Å². The number of hydrogen-bond acceptors (Lipinski definition) is 0. The van der Waals surface area contributed by atoms with Crippen molar-refractivity contribution in [3.8, 4) is 0 Å². The van der Waals surface area contributed by atoms with E-state index in [0.29, 0.717) is 0 Å².